The number of carbonyl (C=O) groups excluding carboxylic acids is 1. The van der Waals surface area contributed by atoms with Crippen LogP contribution < -0.4 is 0 Å². The molecule has 0 aromatic heterocycles. The molecule has 0 aliphatic rings. The fourth-order valence-electron chi connectivity index (χ4n) is 1.15. The third-order valence-corrected chi connectivity index (χ3v) is 1.95. The van der Waals surface area contributed by atoms with E-state index in [2.05, 4.69) is 0 Å². The molecule has 1 atom stereocenters. The monoisotopic (exact) mass is 235 g/mol. The molecule has 0 rings (SSSR count). The van der Waals surface area contributed by atoms with E-state index in [1.807, 2.05) is 0 Å². The van der Waals surface area contributed by atoms with E-state index in [-0.39, 0.29) is 32.2 Å². The van der Waals surface area contributed by atoms with Crippen LogP contribution >= 0.6 is 0 Å². The molecule has 0 aliphatic heterocycles. The van der Waals surface area contributed by atoms with Crippen molar-refractivity contribution in [3.8, 4) is 0 Å². The highest BCUT2D eigenvalue weighted by molar-refractivity contribution is 5.69. The Morgan fingerprint density at radius 2 is 1.81 bits per heavy atom. The molecular formula is C10H21NO5. The maximum absolute atomic E-state index is 11.2. The highest BCUT2D eigenvalue weighted by Crippen LogP contribution is 1.94. The summed E-state index contributed by atoms with van der Waals surface area (Å²) < 4.78 is 4.77. The second kappa shape index (κ2) is 9.53. The molecule has 3 N–H and O–H groups in total. The van der Waals surface area contributed by atoms with Crippen LogP contribution in [-0.4, -0.2) is 71.7 Å². The molecule has 16 heavy (non-hydrogen) atoms. The van der Waals surface area contributed by atoms with Gasteiger partial charge >= 0.3 is 5.97 Å². The number of hydrogen-bond donors (Lipinski definition) is 3. The summed E-state index contributed by atoms with van der Waals surface area (Å²) in [7, 11) is 0. The summed E-state index contributed by atoms with van der Waals surface area (Å²) in [6.07, 6.45) is -0.470. The van der Waals surface area contributed by atoms with Gasteiger partial charge in [0.15, 0.2) is 0 Å². The van der Waals surface area contributed by atoms with Crippen molar-refractivity contribution in [3.63, 3.8) is 0 Å². The lowest BCUT2D eigenvalue weighted by Gasteiger charge is -2.19. The van der Waals surface area contributed by atoms with E-state index in [1.165, 1.54) is 6.92 Å². The molecular weight excluding hydrogens is 214 g/mol. The van der Waals surface area contributed by atoms with Gasteiger partial charge in [0, 0.05) is 19.6 Å². The van der Waals surface area contributed by atoms with Crippen molar-refractivity contribution in [2.24, 2.45) is 0 Å². The van der Waals surface area contributed by atoms with Crippen LogP contribution in [0.3, 0.4) is 0 Å². The van der Waals surface area contributed by atoms with E-state index in [0.717, 1.165) is 0 Å². The van der Waals surface area contributed by atoms with Gasteiger partial charge < -0.3 is 20.1 Å². The van der Waals surface area contributed by atoms with Crippen LogP contribution in [-0.2, 0) is 9.53 Å². The molecule has 0 saturated heterocycles. The predicted molar refractivity (Wildman–Crippen MR) is 57.9 cm³/mol. The van der Waals surface area contributed by atoms with Crippen molar-refractivity contribution < 1.29 is 24.9 Å². The number of aliphatic hydroxyl groups is 3. The average molecular weight is 235 g/mol. The predicted octanol–water partition coefficient (Wildman–Crippen LogP) is -1.41. The normalized spacial score (nSPS) is 12.8. The summed E-state index contributed by atoms with van der Waals surface area (Å²) in [6.45, 7) is 2.79. The number of nitrogens with zero attached hydrogens (tertiary/aromatic N) is 1. The molecule has 0 fully saturated rings. The van der Waals surface area contributed by atoms with E-state index < -0.39 is 6.10 Å². The Morgan fingerprint density at radius 3 is 2.25 bits per heavy atom. The molecule has 0 amide bonds. The van der Waals surface area contributed by atoms with Crippen LogP contribution in [0.5, 0.6) is 0 Å². The van der Waals surface area contributed by atoms with E-state index >= 15 is 0 Å². The molecule has 0 aromatic rings. The second-order valence-electron chi connectivity index (χ2n) is 3.57. The molecule has 0 heterocycles. The molecule has 0 radical (unpaired) electrons. The number of carbonyl (C=O) groups is 1. The van der Waals surface area contributed by atoms with Gasteiger partial charge in [-0.05, 0) is 6.92 Å². The Labute approximate surface area is 95.4 Å². The van der Waals surface area contributed by atoms with Crippen molar-refractivity contribution in [1.82, 2.24) is 4.90 Å². The summed E-state index contributed by atoms with van der Waals surface area (Å²) in [5.41, 5.74) is 0. The molecule has 96 valence electrons. The number of rotatable bonds is 9. The first kappa shape index (κ1) is 15.3. The van der Waals surface area contributed by atoms with E-state index in [4.69, 9.17) is 20.1 Å². The number of ether oxygens (including phenoxy) is 1. The second-order valence-corrected chi connectivity index (χ2v) is 3.57. The quantitative estimate of drug-likeness (QED) is 0.425. The van der Waals surface area contributed by atoms with Gasteiger partial charge in [0.05, 0.1) is 25.7 Å². The topological polar surface area (TPSA) is 90.2 Å². The zero-order valence-electron chi connectivity index (χ0n) is 9.63. The summed E-state index contributed by atoms with van der Waals surface area (Å²) in [6, 6.07) is 0. The zero-order valence-corrected chi connectivity index (χ0v) is 9.63. The van der Waals surface area contributed by atoms with Crippen molar-refractivity contribution in [2.75, 3.05) is 39.5 Å². The lowest BCUT2D eigenvalue weighted by molar-refractivity contribution is -0.146. The fraction of sp³-hybridized carbons (Fsp3) is 0.900. The van der Waals surface area contributed by atoms with Crippen LogP contribution in [0.15, 0.2) is 0 Å². The van der Waals surface area contributed by atoms with Crippen LogP contribution in [0.1, 0.15) is 13.3 Å². The van der Waals surface area contributed by atoms with Gasteiger partial charge in [-0.25, -0.2) is 0 Å². The lowest BCUT2D eigenvalue weighted by atomic mass is 10.3. The van der Waals surface area contributed by atoms with Gasteiger partial charge in [-0.15, -0.1) is 0 Å². The summed E-state index contributed by atoms with van der Waals surface area (Å²) >= 11 is 0. The molecule has 0 saturated carbocycles. The third kappa shape index (κ3) is 8.60. The van der Waals surface area contributed by atoms with Gasteiger partial charge in [0.1, 0.15) is 6.61 Å². The van der Waals surface area contributed by atoms with Gasteiger partial charge in [-0.2, -0.15) is 0 Å². The average Bonchev–Trinajstić information content (AvgIpc) is 2.23. The molecule has 6 heteroatoms. The molecule has 0 bridgehead atoms. The number of esters is 1. The maximum Gasteiger partial charge on any atom is 0.307 e. The Morgan fingerprint density at radius 1 is 1.25 bits per heavy atom. The smallest absolute Gasteiger partial charge is 0.307 e. The zero-order chi connectivity index (χ0) is 12.4. The maximum atomic E-state index is 11.2. The highest BCUT2D eigenvalue weighted by atomic mass is 16.5. The standard InChI is InChI=1S/C10H21NO5/c1-9(14)8-16-10(15)2-3-11(4-6-12)5-7-13/h9,12-14H,2-8H2,1H3. The van der Waals surface area contributed by atoms with Crippen LogP contribution in [0.25, 0.3) is 0 Å². The van der Waals surface area contributed by atoms with Crippen molar-refractivity contribution in [3.05, 3.63) is 0 Å². The van der Waals surface area contributed by atoms with Crippen molar-refractivity contribution in [2.45, 2.75) is 19.4 Å². The van der Waals surface area contributed by atoms with Crippen molar-refractivity contribution >= 4 is 5.97 Å². The van der Waals surface area contributed by atoms with Gasteiger partial charge in [0.2, 0.25) is 0 Å². The Balaban J connectivity index is 3.68. The van der Waals surface area contributed by atoms with Gasteiger partial charge in [0.25, 0.3) is 0 Å². The SMILES string of the molecule is CC(O)COC(=O)CCN(CCO)CCO. The summed E-state index contributed by atoms with van der Waals surface area (Å²) in [4.78, 5) is 12.9. The van der Waals surface area contributed by atoms with Gasteiger partial charge in [-0.1, -0.05) is 0 Å². The minimum Gasteiger partial charge on any atom is -0.463 e. The molecule has 0 aliphatic carbocycles. The Hall–Kier alpha value is -0.690. The third-order valence-electron chi connectivity index (χ3n) is 1.95. The van der Waals surface area contributed by atoms with E-state index in [9.17, 15) is 4.79 Å². The van der Waals surface area contributed by atoms with Crippen LogP contribution in [0.2, 0.25) is 0 Å². The van der Waals surface area contributed by atoms with Gasteiger partial charge in [-0.3, -0.25) is 9.69 Å². The Kier molecular flexibility index (Phi) is 9.12. The first-order chi connectivity index (χ1) is 7.60. The Bertz CT molecular complexity index is 180. The molecule has 1 unspecified atom stereocenters. The first-order valence-corrected chi connectivity index (χ1v) is 5.38. The van der Waals surface area contributed by atoms with Crippen LogP contribution in [0.4, 0.5) is 0 Å². The first-order valence-electron chi connectivity index (χ1n) is 5.38. The summed E-state index contributed by atoms with van der Waals surface area (Å²) in [5.74, 6) is -0.387. The van der Waals surface area contributed by atoms with Crippen molar-refractivity contribution in [1.29, 1.82) is 0 Å². The molecule has 6 nitrogen and oxygen atoms in total. The fourth-order valence-corrected chi connectivity index (χ4v) is 1.15. The number of hydrogen-bond acceptors (Lipinski definition) is 6. The van der Waals surface area contributed by atoms with Crippen LogP contribution in [0, 0.1) is 0 Å². The highest BCUT2D eigenvalue weighted by Gasteiger charge is 2.09. The molecule has 0 spiro atoms. The van der Waals surface area contributed by atoms with E-state index in [0.29, 0.717) is 19.6 Å². The lowest BCUT2D eigenvalue weighted by Crippen LogP contribution is -2.32. The minimum absolute atomic E-state index is 0.00116. The molecule has 0 aromatic carbocycles. The summed E-state index contributed by atoms with van der Waals surface area (Å²) in [5, 5.41) is 26.4. The van der Waals surface area contributed by atoms with E-state index in [1.54, 1.807) is 4.90 Å². The largest absolute Gasteiger partial charge is 0.463 e. The number of aliphatic hydroxyl groups excluding tert-OH is 3. The minimum atomic E-state index is -0.657.